The van der Waals surface area contributed by atoms with Gasteiger partial charge in [-0.2, -0.15) is 13.2 Å². The van der Waals surface area contributed by atoms with Crippen LogP contribution in [0.25, 0.3) is 0 Å². The van der Waals surface area contributed by atoms with E-state index in [-0.39, 0.29) is 10.5 Å². The van der Waals surface area contributed by atoms with Gasteiger partial charge < -0.3 is 4.55 Å². The number of benzene rings is 1. The quantitative estimate of drug-likeness (QED) is 0.685. The predicted octanol–water partition coefficient (Wildman–Crippen LogP) is 2.25. The second-order valence-electron chi connectivity index (χ2n) is 2.77. The molecule has 0 aliphatic carbocycles. The molecule has 0 N–H and O–H groups in total. The summed E-state index contributed by atoms with van der Waals surface area (Å²) in [6, 6.07) is 2.69. The molecule has 0 spiro atoms. The Balaban J connectivity index is 3.28. The molecule has 0 radical (unpaired) electrons. The first-order chi connectivity index (χ1) is 6.30. The minimum atomic E-state index is -4.51. The minimum Gasteiger partial charge on any atom is -0.768 e. The van der Waals surface area contributed by atoms with Gasteiger partial charge in [0.2, 0.25) is 0 Å². The maximum absolute atomic E-state index is 12.2. The molecule has 0 saturated carbocycles. The molecular weight excluding hydrogens is 217 g/mol. The van der Waals surface area contributed by atoms with Crippen molar-refractivity contribution in [3.63, 3.8) is 0 Å². The van der Waals surface area contributed by atoms with Gasteiger partial charge in [-0.25, -0.2) is 0 Å². The number of hydrogen-bond donors (Lipinski definition) is 0. The molecule has 6 heteroatoms. The first-order valence-electron chi connectivity index (χ1n) is 3.59. The van der Waals surface area contributed by atoms with Gasteiger partial charge >= 0.3 is 6.18 Å². The van der Waals surface area contributed by atoms with E-state index in [9.17, 15) is 21.9 Å². The topological polar surface area (TPSA) is 40.1 Å². The Labute approximate surface area is 81.0 Å². The third-order valence-corrected chi connectivity index (χ3v) is 2.19. The molecule has 1 aromatic carbocycles. The lowest BCUT2D eigenvalue weighted by molar-refractivity contribution is -0.137. The fourth-order valence-corrected chi connectivity index (χ4v) is 1.51. The summed E-state index contributed by atoms with van der Waals surface area (Å²) in [4.78, 5) is -0.350. The molecule has 0 heterocycles. The maximum atomic E-state index is 12.2. The summed E-state index contributed by atoms with van der Waals surface area (Å²) in [6.07, 6.45) is -4.51. The largest absolute Gasteiger partial charge is 0.768 e. The number of alkyl halides is 3. The summed E-state index contributed by atoms with van der Waals surface area (Å²) >= 11 is -2.63. The Morgan fingerprint density at radius 2 is 1.86 bits per heavy atom. The Bertz CT molecular complexity index is 373. The van der Waals surface area contributed by atoms with Crippen LogP contribution in [0.4, 0.5) is 13.2 Å². The Hall–Kier alpha value is -0.880. The van der Waals surface area contributed by atoms with Crippen LogP contribution in [0.1, 0.15) is 11.1 Å². The molecule has 0 aliphatic heterocycles. The van der Waals surface area contributed by atoms with Crippen molar-refractivity contribution in [2.24, 2.45) is 0 Å². The van der Waals surface area contributed by atoms with Crippen molar-refractivity contribution in [3.05, 3.63) is 29.3 Å². The van der Waals surface area contributed by atoms with Gasteiger partial charge in [-0.15, -0.1) is 0 Å². The summed E-state index contributed by atoms with van der Waals surface area (Å²) in [5, 5.41) is 0. The number of halogens is 3. The molecule has 2 nitrogen and oxygen atoms in total. The maximum Gasteiger partial charge on any atom is 0.416 e. The van der Waals surface area contributed by atoms with Crippen molar-refractivity contribution in [3.8, 4) is 0 Å². The summed E-state index contributed by atoms with van der Waals surface area (Å²) in [5.74, 6) is 0. The van der Waals surface area contributed by atoms with E-state index < -0.39 is 22.8 Å². The number of rotatable bonds is 1. The smallest absolute Gasteiger partial charge is 0.416 e. The zero-order valence-corrected chi connectivity index (χ0v) is 7.91. The van der Waals surface area contributed by atoms with Crippen LogP contribution in [0.15, 0.2) is 23.1 Å². The number of hydrogen-bond acceptors (Lipinski definition) is 2. The summed E-state index contributed by atoms with van der Waals surface area (Å²) in [5.41, 5.74) is -0.685. The fourth-order valence-electron chi connectivity index (χ4n) is 1.01. The fraction of sp³-hybridized carbons (Fsp3) is 0.250. The molecular formula is C8H6F3O2S-. The van der Waals surface area contributed by atoms with E-state index in [0.29, 0.717) is 6.07 Å². The molecule has 0 bridgehead atoms. The molecule has 1 unspecified atom stereocenters. The highest BCUT2D eigenvalue weighted by Crippen LogP contribution is 2.31. The van der Waals surface area contributed by atoms with Crippen LogP contribution in [0, 0.1) is 6.92 Å². The van der Waals surface area contributed by atoms with Crippen molar-refractivity contribution in [2.45, 2.75) is 18.0 Å². The van der Waals surface area contributed by atoms with Crippen molar-refractivity contribution in [1.29, 1.82) is 0 Å². The standard InChI is InChI=1S/C8H7F3O2S/c1-5-2-6(8(9,10)11)4-7(3-5)14(12)13/h2-4H,1H3,(H,12,13)/p-1. The summed E-state index contributed by atoms with van der Waals surface area (Å²) in [7, 11) is 0. The van der Waals surface area contributed by atoms with Crippen molar-refractivity contribution >= 4 is 11.1 Å². The highest BCUT2D eigenvalue weighted by atomic mass is 32.2. The summed E-state index contributed by atoms with van der Waals surface area (Å²) < 4.78 is 57.6. The lowest BCUT2D eigenvalue weighted by Gasteiger charge is -2.11. The van der Waals surface area contributed by atoms with Crippen LogP contribution in [-0.2, 0) is 17.3 Å². The van der Waals surface area contributed by atoms with Gasteiger partial charge in [0.1, 0.15) is 0 Å². The summed E-state index contributed by atoms with van der Waals surface area (Å²) in [6.45, 7) is 1.41. The van der Waals surface area contributed by atoms with Gasteiger partial charge in [-0.05, 0) is 41.8 Å². The van der Waals surface area contributed by atoms with Crippen LogP contribution in [-0.4, -0.2) is 8.76 Å². The van der Waals surface area contributed by atoms with Crippen LogP contribution in [0.3, 0.4) is 0 Å². The van der Waals surface area contributed by atoms with E-state index in [1.165, 1.54) is 13.0 Å². The molecule has 1 atom stereocenters. The Morgan fingerprint density at radius 1 is 1.29 bits per heavy atom. The van der Waals surface area contributed by atoms with Gasteiger partial charge in [0.15, 0.2) is 0 Å². The Kier molecular flexibility index (Phi) is 2.96. The predicted molar refractivity (Wildman–Crippen MR) is 43.4 cm³/mol. The zero-order chi connectivity index (χ0) is 10.9. The molecule has 0 saturated heterocycles. The van der Waals surface area contributed by atoms with E-state index in [1.54, 1.807) is 0 Å². The lowest BCUT2D eigenvalue weighted by Crippen LogP contribution is -2.06. The minimum absolute atomic E-state index is 0.263. The van der Waals surface area contributed by atoms with E-state index in [1.807, 2.05) is 0 Å². The van der Waals surface area contributed by atoms with Gasteiger partial charge in [0.05, 0.1) is 5.56 Å². The van der Waals surface area contributed by atoms with E-state index in [2.05, 4.69) is 0 Å². The second kappa shape index (κ2) is 3.70. The third-order valence-electron chi connectivity index (χ3n) is 1.57. The number of aryl methyl sites for hydroxylation is 1. The first kappa shape index (κ1) is 11.2. The van der Waals surface area contributed by atoms with Crippen molar-refractivity contribution < 1.29 is 21.9 Å². The third kappa shape index (κ3) is 2.55. The molecule has 0 amide bonds. The van der Waals surface area contributed by atoms with Gasteiger partial charge in [-0.3, -0.25) is 4.21 Å². The van der Waals surface area contributed by atoms with E-state index in [0.717, 1.165) is 6.07 Å². The molecule has 0 aromatic heterocycles. The van der Waals surface area contributed by atoms with Gasteiger partial charge in [0, 0.05) is 4.90 Å². The SMILES string of the molecule is Cc1cc(S(=O)[O-])cc(C(F)(F)F)c1. The lowest BCUT2D eigenvalue weighted by atomic mass is 10.1. The monoisotopic (exact) mass is 223 g/mol. The van der Waals surface area contributed by atoms with Gasteiger partial charge in [0.25, 0.3) is 0 Å². The molecule has 1 rings (SSSR count). The van der Waals surface area contributed by atoms with E-state index >= 15 is 0 Å². The zero-order valence-electron chi connectivity index (χ0n) is 7.09. The normalized spacial score (nSPS) is 14.1. The molecule has 0 fully saturated rings. The van der Waals surface area contributed by atoms with Crippen LogP contribution >= 0.6 is 0 Å². The molecule has 14 heavy (non-hydrogen) atoms. The molecule has 78 valence electrons. The van der Waals surface area contributed by atoms with Crippen LogP contribution in [0.2, 0.25) is 0 Å². The first-order valence-corrected chi connectivity index (χ1v) is 4.66. The molecule has 1 aromatic rings. The van der Waals surface area contributed by atoms with Crippen molar-refractivity contribution in [2.75, 3.05) is 0 Å². The highest BCUT2D eigenvalue weighted by molar-refractivity contribution is 7.79. The average Bonchev–Trinajstić information content (AvgIpc) is 2.01. The highest BCUT2D eigenvalue weighted by Gasteiger charge is 2.30. The second-order valence-corrected chi connectivity index (χ2v) is 3.71. The van der Waals surface area contributed by atoms with Crippen LogP contribution < -0.4 is 0 Å². The van der Waals surface area contributed by atoms with E-state index in [4.69, 9.17) is 0 Å². The Morgan fingerprint density at radius 3 is 2.29 bits per heavy atom. The average molecular weight is 223 g/mol. The van der Waals surface area contributed by atoms with Gasteiger partial charge in [-0.1, -0.05) is 0 Å². The van der Waals surface area contributed by atoms with Crippen LogP contribution in [0.5, 0.6) is 0 Å². The molecule has 0 aliphatic rings. The van der Waals surface area contributed by atoms with Crippen molar-refractivity contribution in [1.82, 2.24) is 0 Å².